The van der Waals surface area contributed by atoms with E-state index in [2.05, 4.69) is 5.32 Å². The van der Waals surface area contributed by atoms with E-state index in [1.165, 1.54) is 28.6 Å². The summed E-state index contributed by atoms with van der Waals surface area (Å²) in [5, 5.41) is 2.84. The van der Waals surface area contributed by atoms with Crippen LogP contribution in [-0.4, -0.2) is 55.6 Å². The molecule has 0 radical (unpaired) electrons. The van der Waals surface area contributed by atoms with Crippen molar-refractivity contribution in [3.63, 3.8) is 0 Å². The number of nitrogens with zero attached hydrogens (tertiary/aromatic N) is 2. The Kier molecular flexibility index (Phi) is 5.62. The second-order valence-electron chi connectivity index (χ2n) is 7.68. The third-order valence-electron chi connectivity index (χ3n) is 5.76. The fourth-order valence-electron chi connectivity index (χ4n) is 4.10. The van der Waals surface area contributed by atoms with Crippen LogP contribution in [0.15, 0.2) is 53.4 Å². The summed E-state index contributed by atoms with van der Waals surface area (Å²) in [6, 6.07) is 12.8. The number of aryl methyl sites for hydroxylation is 1. The molecule has 2 amide bonds. The van der Waals surface area contributed by atoms with Crippen molar-refractivity contribution in [2.75, 3.05) is 26.2 Å². The van der Waals surface area contributed by atoms with Gasteiger partial charge in [-0.05, 0) is 55.2 Å². The molecule has 2 aromatic rings. The van der Waals surface area contributed by atoms with Crippen LogP contribution in [0.5, 0.6) is 0 Å². The van der Waals surface area contributed by atoms with Crippen LogP contribution in [0.4, 0.5) is 0 Å². The number of carbonyl (C=O) groups excluding carboxylic acids is 2. The number of hydrogen-bond donors (Lipinski definition) is 1. The van der Waals surface area contributed by atoms with Crippen LogP contribution < -0.4 is 5.32 Å². The van der Waals surface area contributed by atoms with E-state index >= 15 is 0 Å². The minimum absolute atomic E-state index is 0.188. The number of sulfonamides is 1. The number of carbonyl (C=O) groups is 2. The lowest BCUT2D eigenvalue weighted by atomic mass is 9.97. The first kappa shape index (κ1) is 20.6. The minimum atomic E-state index is -3.53. The van der Waals surface area contributed by atoms with Gasteiger partial charge >= 0.3 is 0 Å². The van der Waals surface area contributed by atoms with Gasteiger partial charge in [0.1, 0.15) is 6.04 Å². The third-order valence-corrected chi connectivity index (χ3v) is 7.67. The smallest absolute Gasteiger partial charge is 0.254 e. The largest absolute Gasteiger partial charge is 0.352 e. The molecule has 2 aromatic carbocycles. The van der Waals surface area contributed by atoms with Crippen molar-refractivity contribution in [3.8, 4) is 0 Å². The highest BCUT2D eigenvalue weighted by molar-refractivity contribution is 7.89. The molecule has 2 fully saturated rings. The number of benzene rings is 2. The molecule has 0 spiro atoms. The third kappa shape index (κ3) is 3.73. The van der Waals surface area contributed by atoms with Gasteiger partial charge in [-0.2, -0.15) is 4.31 Å². The molecule has 8 heteroatoms. The molecule has 158 valence electrons. The zero-order chi connectivity index (χ0) is 21.3. The fourth-order valence-corrected chi connectivity index (χ4v) is 5.62. The van der Waals surface area contributed by atoms with E-state index < -0.39 is 16.1 Å². The summed E-state index contributed by atoms with van der Waals surface area (Å²) in [5.74, 6) is -0.500. The summed E-state index contributed by atoms with van der Waals surface area (Å²) in [7, 11) is -3.53. The van der Waals surface area contributed by atoms with Gasteiger partial charge in [-0.1, -0.05) is 24.3 Å². The van der Waals surface area contributed by atoms with E-state index in [4.69, 9.17) is 0 Å². The van der Waals surface area contributed by atoms with Crippen LogP contribution in [-0.2, 0) is 14.8 Å². The Morgan fingerprint density at radius 3 is 2.33 bits per heavy atom. The monoisotopic (exact) mass is 427 g/mol. The molecule has 2 saturated heterocycles. The van der Waals surface area contributed by atoms with Crippen molar-refractivity contribution in [1.82, 2.24) is 14.5 Å². The van der Waals surface area contributed by atoms with Gasteiger partial charge in [0.05, 0.1) is 4.90 Å². The predicted molar refractivity (Wildman–Crippen MR) is 112 cm³/mol. The van der Waals surface area contributed by atoms with Gasteiger partial charge in [-0.15, -0.1) is 0 Å². The molecule has 0 aliphatic carbocycles. The Morgan fingerprint density at radius 1 is 1.00 bits per heavy atom. The number of rotatable bonds is 4. The van der Waals surface area contributed by atoms with Crippen LogP contribution in [0.25, 0.3) is 0 Å². The molecular formula is C22H25N3O4S. The molecule has 0 aromatic heterocycles. The summed E-state index contributed by atoms with van der Waals surface area (Å²) in [6.07, 6.45) is 1.74. The van der Waals surface area contributed by atoms with Gasteiger partial charge in [-0.25, -0.2) is 8.42 Å². The molecular weight excluding hydrogens is 402 g/mol. The molecule has 0 saturated carbocycles. The summed E-state index contributed by atoms with van der Waals surface area (Å²) in [6.45, 7) is 3.75. The second kappa shape index (κ2) is 8.20. The highest BCUT2D eigenvalue weighted by atomic mass is 32.2. The molecule has 4 rings (SSSR count). The summed E-state index contributed by atoms with van der Waals surface area (Å²) in [5.41, 5.74) is 2.09. The van der Waals surface area contributed by atoms with E-state index in [-0.39, 0.29) is 16.7 Å². The molecule has 2 aliphatic heterocycles. The van der Waals surface area contributed by atoms with E-state index in [9.17, 15) is 18.0 Å². The van der Waals surface area contributed by atoms with Crippen molar-refractivity contribution >= 4 is 21.8 Å². The first-order chi connectivity index (χ1) is 14.4. The van der Waals surface area contributed by atoms with Crippen molar-refractivity contribution < 1.29 is 18.0 Å². The molecule has 1 N–H and O–H groups in total. The number of hydrogen-bond acceptors (Lipinski definition) is 4. The maximum atomic E-state index is 13.2. The standard InChI is InChI=1S/C22H25N3O4S/c1-16-6-2-3-7-19(16)20-21(26)23-12-15-25(20)22(27)17-8-10-18(11-9-17)30(28,29)24-13-4-5-14-24/h2-3,6-11,20H,4-5,12-15H2,1H3,(H,23,26). The maximum Gasteiger partial charge on any atom is 0.254 e. The van der Waals surface area contributed by atoms with Crippen LogP contribution >= 0.6 is 0 Å². The SMILES string of the molecule is Cc1ccccc1C1C(=O)NCCN1C(=O)c1ccc(S(=O)(=O)N2CCCC2)cc1. The number of amides is 2. The Bertz CT molecular complexity index is 1060. The Balaban J connectivity index is 1.61. The maximum absolute atomic E-state index is 13.2. The van der Waals surface area contributed by atoms with E-state index in [1.807, 2.05) is 31.2 Å². The normalized spacial score (nSPS) is 20.2. The van der Waals surface area contributed by atoms with Gasteiger partial charge in [0, 0.05) is 31.7 Å². The molecule has 2 aliphatic rings. The van der Waals surface area contributed by atoms with Gasteiger partial charge in [0.15, 0.2) is 0 Å². The summed E-state index contributed by atoms with van der Waals surface area (Å²) >= 11 is 0. The van der Waals surface area contributed by atoms with Crippen molar-refractivity contribution in [2.24, 2.45) is 0 Å². The van der Waals surface area contributed by atoms with Gasteiger partial charge in [-0.3, -0.25) is 9.59 Å². The van der Waals surface area contributed by atoms with Gasteiger partial charge in [0.2, 0.25) is 15.9 Å². The minimum Gasteiger partial charge on any atom is -0.352 e. The van der Waals surface area contributed by atoms with Gasteiger partial charge < -0.3 is 10.2 Å². The second-order valence-corrected chi connectivity index (χ2v) is 9.62. The molecule has 2 heterocycles. The van der Waals surface area contributed by atoms with Crippen LogP contribution in [0, 0.1) is 6.92 Å². The van der Waals surface area contributed by atoms with Crippen LogP contribution in [0.3, 0.4) is 0 Å². The predicted octanol–water partition coefficient (Wildman–Crippen LogP) is 2.09. The summed E-state index contributed by atoms with van der Waals surface area (Å²) in [4.78, 5) is 27.6. The van der Waals surface area contributed by atoms with E-state index in [1.54, 1.807) is 4.90 Å². The molecule has 0 bridgehead atoms. The number of piperazine rings is 1. The molecule has 1 atom stereocenters. The lowest BCUT2D eigenvalue weighted by molar-refractivity contribution is -0.128. The lowest BCUT2D eigenvalue weighted by Gasteiger charge is -2.36. The Morgan fingerprint density at radius 2 is 1.67 bits per heavy atom. The fraction of sp³-hybridized carbons (Fsp3) is 0.364. The highest BCUT2D eigenvalue weighted by Gasteiger charge is 2.35. The lowest BCUT2D eigenvalue weighted by Crippen LogP contribution is -2.52. The summed E-state index contributed by atoms with van der Waals surface area (Å²) < 4.78 is 26.9. The molecule has 1 unspecified atom stereocenters. The first-order valence-electron chi connectivity index (χ1n) is 10.1. The van der Waals surface area contributed by atoms with Crippen molar-refractivity contribution in [3.05, 3.63) is 65.2 Å². The first-order valence-corrected chi connectivity index (χ1v) is 11.6. The van der Waals surface area contributed by atoms with Crippen LogP contribution in [0.1, 0.15) is 40.4 Å². The quantitative estimate of drug-likeness (QED) is 0.810. The van der Waals surface area contributed by atoms with E-state index in [0.29, 0.717) is 31.7 Å². The Labute approximate surface area is 176 Å². The molecule has 7 nitrogen and oxygen atoms in total. The number of nitrogens with one attached hydrogen (secondary N) is 1. The van der Waals surface area contributed by atoms with Gasteiger partial charge in [0.25, 0.3) is 5.91 Å². The molecule has 30 heavy (non-hydrogen) atoms. The van der Waals surface area contributed by atoms with Crippen LogP contribution in [0.2, 0.25) is 0 Å². The zero-order valence-electron chi connectivity index (χ0n) is 16.9. The highest BCUT2D eigenvalue weighted by Crippen LogP contribution is 2.28. The average Bonchev–Trinajstić information content (AvgIpc) is 3.30. The topological polar surface area (TPSA) is 86.8 Å². The Hall–Kier alpha value is -2.71. The van der Waals surface area contributed by atoms with Crippen molar-refractivity contribution in [1.29, 1.82) is 0 Å². The zero-order valence-corrected chi connectivity index (χ0v) is 17.7. The average molecular weight is 428 g/mol. The van der Waals surface area contributed by atoms with Crippen molar-refractivity contribution in [2.45, 2.75) is 30.7 Å². The van der Waals surface area contributed by atoms with E-state index in [0.717, 1.165) is 24.0 Å².